The summed E-state index contributed by atoms with van der Waals surface area (Å²) in [6, 6.07) is -0.0518. The molecule has 0 heterocycles. The van der Waals surface area contributed by atoms with Gasteiger partial charge in [-0.15, -0.1) is 0 Å². The summed E-state index contributed by atoms with van der Waals surface area (Å²) >= 11 is 0. The highest BCUT2D eigenvalue weighted by Crippen LogP contribution is 2.25. The molecule has 0 saturated heterocycles. The first-order valence-corrected chi connectivity index (χ1v) is 7.97. The van der Waals surface area contributed by atoms with E-state index in [1.165, 1.54) is 0 Å². The SMILES string of the molecule is CCOC(=O)C1CCCC(NC(C)C(=O)NC(C)(C)C)C1. The molecule has 1 rings (SSSR count). The number of esters is 1. The molecule has 0 aliphatic heterocycles. The van der Waals surface area contributed by atoms with Gasteiger partial charge in [0, 0.05) is 11.6 Å². The highest BCUT2D eigenvalue weighted by Gasteiger charge is 2.30. The van der Waals surface area contributed by atoms with Crippen molar-refractivity contribution >= 4 is 11.9 Å². The van der Waals surface area contributed by atoms with Crippen LogP contribution in [0.25, 0.3) is 0 Å². The van der Waals surface area contributed by atoms with Crippen molar-refractivity contribution in [3.05, 3.63) is 0 Å². The molecule has 0 aromatic carbocycles. The van der Waals surface area contributed by atoms with Crippen LogP contribution in [-0.2, 0) is 14.3 Å². The Bertz CT molecular complexity index is 363. The average Bonchev–Trinajstić information content (AvgIpc) is 2.37. The predicted octanol–water partition coefficient (Wildman–Crippen LogP) is 2.00. The Balaban J connectivity index is 2.46. The van der Waals surface area contributed by atoms with Crippen molar-refractivity contribution in [2.24, 2.45) is 5.92 Å². The molecule has 1 amide bonds. The molecule has 5 heteroatoms. The quantitative estimate of drug-likeness (QED) is 0.762. The molecule has 5 nitrogen and oxygen atoms in total. The minimum Gasteiger partial charge on any atom is -0.466 e. The third-order valence-corrected chi connectivity index (χ3v) is 3.67. The molecular weight excluding hydrogens is 268 g/mol. The molecule has 0 spiro atoms. The van der Waals surface area contributed by atoms with E-state index in [1.807, 2.05) is 34.6 Å². The highest BCUT2D eigenvalue weighted by molar-refractivity contribution is 5.82. The van der Waals surface area contributed by atoms with Gasteiger partial charge in [-0.25, -0.2) is 0 Å². The molecule has 3 atom stereocenters. The van der Waals surface area contributed by atoms with Gasteiger partial charge in [-0.3, -0.25) is 9.59 Å². The Morgan fingerprint density at radius 1 is 1.29 bits per heavy atom. The standard InChI is InChI=1S/C16H30N2O3/c1-6-21-15(20)12-8-7-9-13(10-12)17-11(2)14(19)18-16(3,4)5/h11-13,17H,6-10H2,1-5H3,(H,18,19). The molecule has 0 aromatic rings. The fourth-order valence-corrected chi connectivity index (χ4v) is 2.72. The molecule has 0 bridgehead atoms. The van der Waals surface area contributed by atoms with Gasteiger partial charge in [0.15, 0.2) is 0 Å². The van der Waals surface area contributed by atoms with Gasteiger partial charge >= 0.3 is 5.97 Å². The van der Waals surface area contributed by atoms with Crippen LogP contribution in [0.3, 0.4) is 0 Å². The lowest BCUT2D eigenvalue weighted by atomic mass is 9.85. The van der Waals surface area contributed by atoms with Crippen molar-refractivity contribution in [1.29, 1.82) is 0 Å². The van der Waals surface area contributed by atoms with Crippen LogP contribution < -0.4 is 10.6 Å². The molecule has 0 radical (unpaired) electrons. The minimum atomic E-state index is -0.254. The van der Waals surface area contributed by atoms with E-state index in [4.69, 9.17) is 4.74 Å². The van der Waals surface area contributed by atoms with Gasteiger partial charge in [0.2, 0.25) is 5.91 Å². The molecule has 1 fully saturated rings. The van der Waals surface area contributed by atoms with E-state index in [1.54, 1.807) is 0 Å². The summed E-state index contributed by atoms with van der Waals surface area (Å²) in [6.07, 6.45) is 3.64. The van der Waals surface area contributed by atoms with E-state index in [0.29, 0.717) is 6.61 Å². The number of rotatable bonds is 5. The van der Waals surface area contributed by atoms with Gasteiger partial charge in [-0.05, 0) is 53.9 Å². The van der Waals surface area contributed by atoms with Gasteiger partial charge in [-0.1, -0.05) is 6.42 Å². The van der Waals surface area contributed by atoms with Crippen LogP contribution in [0.4, 0.5) is 0 Å². The fourth-order valence-electron chi connectivity index (χ4n) is 2.72. The molecule has 3 unspecified atom stereocenters. The molecule has 122 valence electrons. The number of ether oxygens (including phenoxy) is 1. The normalized spacial score (nSPS) is 24.2. The number of nitrogens with one attached hydrogen (secondary N) is 2. The summed E-state index contributed by atoms with van der Waals surface area (Å²) < 4.78 is 5.10. The number of carbonyl (C=O) groups excluding carboxylic acids is 2. The number of hydrogen-bond acceptors (Lipinski definition) is 4. The maximum absolute atomic E-state index is 12.1. The second kappa shape index (κ2) is 7.78. The van der Waals surface area contributed by atoms with E-state index in [-0.39, 0.29) is 35.4 Å². The highest BCUT2D eigenvalue weighted by atomic mass is 16.5. The summed E-state index contributed by atoms with van der Waals surface area (Å²) in [7, 11) is 0. The molecule has 2 N–H and O–H groups in total. The Hall–Kier alpha value is -1.10. The van der Waals surface area contributed by atoms with Crippen LogP contribution >= 0.6 is 0 Å². The van der Waals surface area contributed by atoms with Crippen LogP contribution in [0.5, 0.6) is 0 Å². The lowest BCUT2D eigenvalue weighted by Crippen LogP contribution is -2.52. The lowest BCUT2D eigenvalue weighted by Gasteiger charge is -2.31. The summed E-state index contributed by atoms with van der Waals surface area (Å²) in [5.41, 5.74) is -0.229. The van der Waals surface area contributed by atoms with Gasteiger partial charge in [0.1, 0.15) is 0 Å². The van der Waals surface area contributed by atoms with E-state index in [2.05, 4.69) is 10.6 Å². The zero-order chi connectivity index (χ0) is 16.0. The van der Waals surface area contributed by atoms with Gasteiger partial charge in [0.25, 0.3) is 0 Å². The smallest absolute Gasteiger partial charge is 0.308 e. The predicted molar refractivity (Wildman–Crippen MR) is 82.9 cm³/mol. The van der Waals surface area contributed by atoms with Crippen molar-refractivity contribution in [2.75, 3.05) is 6.61 Å². The largest absolute Gasteiger partial charge is 0.466 e. The average molecular weight is 298 g/mol. The van der Waals surface area contributed by atoms with Crippen molar-refractivity contribution in [2.45, 2.75) is 77.9 Å². The van der Waals surface area contributed by atoms with Crippen LogP contribution in [0, 0.1) is 5.92 Å². The van der Waals surface area contributed by atoms with Gasteiger partial charge in [-0.2, -0.15) is 0 Å². The summed E-state index contributed by atoms with van der Waals surface area (Å²) in [5, 5.41) is 6.32. The van der Waals surface area contributed by atoms with E-state index in [9.17, 15) is 9.59 Å². The van der Waals surface area contributed by atoms with Gasteiger partial charge < -0.3 is 15.4 Å². The van der Waals surface area contributed by atoms with Gasteiger partial charge in [0.05, 0.1) is 18.6 Å². The van der Waals surface area contributed by atoms with Crippen molar-refractivity contribution in [3.63, 3.8) is 0 Å². The molecule has 1 aliphatic rings. The summed E-state index contributed by atoms with van der Waals surface area (Å²) in [6.45, 7) is 10.0. The second-order valence-corrected chi connectivity index (χ2v) is 6.94. The van der Waals surface area contributed by atoms with Crippen LogP contribution in [0.1, 0.15) is 60.3 Å². The first-order valence-electron chi connectivity index (χ1n) is 7.97. The molecule has 1 aliphatic carbocycles. The van der Waals surface area contributed by atoms with Crippen molar-refractivity contribution in [1.82, 2.24) is 10.6 Å². The summed E-state index contributed by atoms with van der Waals surface area (Å²) in [4.78, 5) is 23.9. The minimum absolute atomic E-state index is 0.000702. The Morgan fingerprint density at radius 3 is 2.52 bits per heavy atom. The Labute approximate surface area is 128 Å². The van der Waals surface area contributed by atoms with E-state index in [0.717, 1.165) is 25.7 Å². The maximum atomic E-state index is 12.1. The van der Waals surface area contributed by atoms with Crippen molar-refractivity contribution in [3.8, 4) is 0 Å². The number of hydrogen-bond donors (Lipinski definition) is 2. The Kier molecular flexibility index (Phi) is 6.65. The number of carbonyl (C=O) groups is 2. The van der Waals surface area contributed by atoms with Crippen LogP contribution in [0.15, 0.2) is 0 Å². The Morgan fingerprint density at radius 2 is 1.95 bits per heavy atom. The monoisotopic (exact) mass is 298 g/mol. The zero-order valence-electron chi connectivity index (χ0n) is 14.0. The lowest BCUT2D eigenvalue weighted by molar-refractivity contribution is -0.149. The second-order valence-electron chi connectivity index (χ2n) is 6.94. The number of amides is 1. The topological polar surface area (TPSA) is 67.4 Å². The summed E-state index contributed by atoms with van der Waals surface area (Å²) in [5.74, 6) is -0.134. The van der Waals surface area contributed by atoms with Crippen molar-refractivity contribution < 1.29 is 14.3 Å². The molecule has 21 heavy (non-hydrogen) atoms. The fraction of sp³-hybridized carbons (Fsp3) is 0.875. The van der Waals surface area contributed by atoms with Crippen LogP contribution in [0.2, 0.25) is 0 Å². The molecule has 0 aromatic heterocycles. The third-order valence-electron chi connectivity index (χ3n) is 3.67. The third kappa shape index (κ3) is 6.46. The van der Waals surface area contributed by atoms with Crippen LogP contribution in [-0.4, -0.2) is 36.1 Å². The first-order chi connectivity index (χ1) is 9.73. The van der Waals surface area contributed by atoms with E-state index >= 15 is 0 Å². The van der Waals surface area contributed by atoms with E-state index < -0.39 is 0 Å². The zero-order valence-corrected chi connectivity index (χ0v) is 14.0. The molecule has 1 saturated carbocycles. The first kappa shape index (κ1) is 18.0. The molecular formula is C16H30N2O3. The maximum Gasteiger partial charge on any atom is 0.308 e.